The molecule has 2 aromatic heterocycles. The van der Waals surface area contributed by atoms with E-state index >= 15 is 0 Å². The van der Waals surface area contributed by atoms with Gasteiger partial charge in [0.05, 0.1) is 11.3 Å². The molecule has 5 nitrogen and oxygen atoms in total. The Morgan fingerprint density at radius 2 is 2.53 bits per heavy atom. The highest BCUT2D eigenvalue weighted by atomic mass is 32.1. The number of rotatable bonds is 3. The fourth-order valence-corrected chi connectivity index (χ4v) is 3.14. The molecule has 19 heavy (non-hydrogen) atoms. The predicted molar refractivity (Wildman–Crippen MR) is 73.2 cm³/mol. The van der Waals surface area contributed by atoms with E-state index in [4.69, 9.17) is 0 Å². The molecule has 1 amide bonds. The molecule has 0 fully saturated rings. The van der Waals surface area contributed by atoms with Crippen molar-refractivity contribution >= 4 is 17.4 Å². The Morgan fingerprint density at radius 3 is 3.32 bits per heavy atom. The fourth-order valence-electron chi connectivity index (χ4n) is 2.45. The summed E-state index contributed by atoms with van der Waals surface area (Å²) >= 11 is 1.32. The van der Waals surface area contributed by atoms with Crippen LogP contribution < -0.4 is 5.32 Å². The smallest absolute Gasteiger partial charge is 0.254 e. The number of fused-ring (bicyclic) bond motifs is 1. The molecule has 1 aliphatic heterocycles. The highest BCUT2D eigenvalue weighted by Gasteiger charge is 2.20. The molecule has 1 N–H and O–H groups in total. The van der Waals surface area contributed by atoms with E-state index in [0.717, 1.165) is 30.9 Å². The minimum absolute atomic E-state index is 0.0114. The molecule has 0 aliphatic carbocycles. The number of aromatic nitrogens is 3. The van der Waals surface area contributed by atoms with Crippen LogP contribution in [0.2, 0.25) is 0 Å². The second-order valence-electron chi connectivity index (χ2n) is 4.92. The molecule has 2 aromatic rings. The molecule has 6 heteroatoms. The van der Waals surface area contributed by atoms with E-state index in [2.05, 4.69) is 19.2 Å². The topological polar surface area (TPSA) is 59.8 Å². The third-order valence-electron chi connectivity index (χ3n) is 3.58. The van der Waals surface area contributed by atoms with Gasteiger partial charge < -0.3 is 9.88 Å². The number of imidazole rings is 1. The van der Waals surface area contributed by atoms with E-state index in [1.165, 1.54) is 11.5 Å². The molecule has 100 valence electrons. The summed E-state index contributed by atoms with van der Waals surface area (Å²) in [4.78, 5) is 16.3. The van der Waals surface area contributed by atoms with Crippen LogP contribution in [0.3, 0.4) is 0 Å². The van der Waals surface area contributed by atoms with E-state index in [-0.39, 0.29) is 5.91 Å². The van der Waals surface area contributed by atoms with Crippen molar-refractivity contribution in [3.05, 3.63) is 34.9 Å². The summed E-state index contributed by atoms with van der Waals surface area (Å²) in [6.07, 6.45) is 5.93. The van der Waals surface area contributed by atoms with Gasteiger partial charge in [-0.05, 0) is 30.8 Å². The lowest BCUT2D eigenvalue weighted by Gasteiger charge is -2.23. The van der Waals surface area contributed by atoms with Crippen molar-refractivity contribution in [2.45, 2.75) is 26.3 Å². The molecule has 3 rings (SSSR count). The third-order valence-corrected chi connectivity index (χ3v) is 4.30. The van der Waals surface area contributed by atoms with Crippen molar-refractivity contribution in [1.29, 1.82) is 0 Å². The number of carbonyl (C=O) groups excluding carboxylic acids is 1. The average Bonchev–Trinajstić information content (AvgIpc) is 3.03. The van der Waals surface area contributed by atoms with E-state index in [1.807, 2.05) is 19.3 Å². The standard InChI is InChI=1S/C13H16N4OS/c1-9-11(8-19-16-9)13(18)15-6-10-2-3-12-14-4-5-17(12)7-10/h4-5,8,10H,2-3,6-7H2,1H3,(H,15,18)/t10-/m1/s1. The minimum Gasteiger partial charge on any atom is -0.352 e. The Hall–Kier alpha value is -1.69. The second kappa shape index (κ2) is 5.13. The first-order valence-electron chi connectivity index (χ1n) is 6.43. The first kappa shape index (κ1) is 12.3. The van der Waals surface area contributed by atoms with Crippen LogP contribution in [0.5, 0.6) is 0 Å². The van der Waals surface area contributed by atoms with Crippen LogP contribution in [0.25, 0.3) is 0 Å². The van der Waals surface area contributed by atoms with E-state index < -0.39 is 0 Å². The van der Waals surface area contributed by atoms with Crippen molar-refractivity contribution < 1.29 is 4.79 Å². The molecule has 0 saturated carbocycles. The maximum Gasteiger partial charge on any atom is 0.254 e. The molecule has 0 saturated heterocycles. The Morgan fingerprint density at radius 1 is 1.63 bits per heavy atom. The van der Waals surface area contributed by atoms with Crippen molar-refractivity contribution in [2.24, 2.45) is 5.92 Å². The first-order valence-corrected chi connectivity index (χ1v) is 7.27. The van der Waals surface area contributed by atoms with Gasteiger partial charge in [0.25, 0.3) is 5.91 Å². The largest absolute Gasteiger partial charge is 0.352 e. The molecule has 0 radical (unpaired) electrons. The molecule has 3 heterocycles. The Labute approximate surface area is 115 Å². The monoisotopic (exact) mass is 276 g/mol. The first-order chi connectivity index (χ1) is 9.24. The summed E-state index contributed by atoms with van der Waals surface area (Å²) in [7, 11) is 0. The Kier molecular flexibility index (Phi) is 3.33. The van der Waals surface area contributed by atoms with Crippen molar-refractivity contribution in [1.82, 2.24) is 19.2 Å². The van der Waals surface area contributed by atoms with Gasteiger partial charge in [-0.15, -0.1) is 0 Å². The van der Waals surface area contributed by atoms with Gasteiger partial charge >= 0.3 is 0 Å². The van der Waals surface area contributed by atoms with Gasteiger partial charge in [-0.25, -0.2) is 4.98 Å². The Balaban J connectivity index is 1.56. The summed E-state index contributed by atoms with van der Waals surface area (Å²) in [6, 6.07) is 0. The zero-order chi connectivity index (χ0) is 13.2. The van der Waals surface area contributed by atoms with Crippen molar-refractivity contribution in [2.75, 3.05) is 6.54 Å². The molecule has 1 aliphatic rings. The van der Waals surface area contributed by atoms with Gasteiger partial charge in [0, 0.05) is 37.3 Å². The highest BCUT2D eigenvalue weighted by molar-refractivity contribution is 7.03. The van der Waals surface area contributed by atoms with E-state index in [0.29, 0.717) is 18.0 Å². The van der Waals surface area contributed by atoms with Crippen LogP contribution in [0.4, 0.5) is 0 Å². The zero-order valence-corrected chi connectivity index (χ0v) is 11.6. The van der Waals surface area contributed by atoms with Crippen LogP contribution >= 0.6 is 11.5 Å². The Bertz CT molecular complexity index is 589. The molecular formula is C13H16N4OS. The number of hydrogen-bond acceptors (Lipinski definition) is 4. The molecule has 0 bridgehead atoms. The highest BCUT2D eigenvalue weighted by Crippen LogP contribution is 2.18. The van der Waals surface area contributed by atoms with E-state index in [1.54, 1.807) is 5.38 Å². The van der Waals surface area contributed by atoms with Crippen LogP contribution in [-0.2, 0) is 13.0 Å². The number of nitrogens with zero attached hydrogens (tertiary/aromatic N) is 3. The molecular weight excluding hydrogens is 260 g/mol. The van der Waals surface area contributed by atoms with Gasteiger partial charge in [0.1, 0.15) is 5.82 Å². The van der Waals surface area contributed by atoms with Gasteiger partial charge in [0.15, 0.2) is 0 Å². The van der Waals surface area contributed by atoms with Crippen LogP contribution in [0.15, 0.2) is 17.8 Å². The summed E-state index contributed by atoms with van der Waals surface area (Å²) in [6.45, 7) is 3.52. The quantitative estimate of drug-likeness (QED) is 0.927. The van der Waals surface area contributed by atoms with Gasteiger partial charge in [-0.3, -0.25) is 4.79 Å². The fraction of sp³-hybridized carbons (Fsp3) is 0.462. The van der Waals surface area contributed by atoms with Gasteiger partial charge in [0.2, 0.25) is 0 Å². The van der Waals surface area contributed by atoms with Crippen LogP contribution in [-0.4, -0.2) is 26.4 Å². The zero-order valence-electron chi connectivity index (χ0n) is 10.8. The predicted octanol–water partition coefficient (Wildman–Crippen LogP) is 1.64. The number of carbonyl (C=O) groups is 1. The molecule has 0 unspecified atom stereocenters. The van der Waals surface area contributed by atoms with E-state index in [9.17, 15) is 4.79 Å². The summed E-state index contributed by atoms with van der Waals surface area (Å²) < 4.78 is 6.30. The summed E-state index contributed by atoms with van der Waals surface area (Å²) in [5.74, 6) is 1.63. The lowest BCUT2D eigenvalue weighted by atomic mass is 9.99. The van der Waals surface area contributed by atoms with Crippen LogP contribution in [0, 0.1) is 12.8 Å². The lowest BCUT2D eigenvalue weighted by molar-refractivity contribution is 0.0943. The van der Waals surface area contributed by atoms with Gasteiger partial charge in [-0.2, -0.15) is 4.37 Å². The summed E-state index contributed by atoms with van der Waals surface area (Å²) in [5, 5.41) is 4.82. The molecule has 1 atom stereocenters. The van der Waals surface area contributed by atoms with Gasteiger partial charge in [-0.1, -0.05) is 0 Å². The molecule has 0 spiro atoms. The lowest BCUT2D eigenvalue weighted by Crippen LogP contribution is -2.33. The third kappa shape index (κ3) is 2.53. The number of hydrogen-bond donors (Lipinski definition) is 1. The minimum atomic E-state index is -0.0114. The number of nitrogens with one attached hydrogen (secondary N) is 1. The maximum atomic E-state index is 12.0. The average molecular weight is 276 g/mol. The number of aryl methyl sites for hydroxylation is 2. The van der Waals surface area contributed by atoms with Crippen molar-refractivity contribution in [3.8, 4) is 0 Å². The SMILES string of the molecule is Cc1nscc1C(=O)NC[C@H]1CCc2nccn2C1. The number of amides is 1. The van der Waals surface area contributed by atoms with Crippen LogP contribution in [0.1, 0.15) is 28.3 Å². The normalized spacial score (nSPS) is 18.1. The molecule has 0 aromatic carbocycles. The van der Waals surface area contributed by atoms with Crippen molar-refractivity contribution in [3.63, 3.8) is 0 Å². The summed E-state index contributed by atoms with van der Waals surface area (Å²) in [5.41, 5.74) is 1.51. The maximum absolute atomic E-state index is 12.0. The second-order valence-corrected chi connectivity index (χ2v) is 5.55.